The van der Waals surface area contributed by atoms with E-state index in [9.17, 15) is 5.11 Å². The van der Waals surface area contributed by atoms with Crippen LogP contribution in [0.5, 0.6) is 5.75 Å². The predicted molar refractivity (Wildman–Crippen MR) is 96.4 cm³/mol. The van der Waals surface area contributed by atoms with Gasteiger partial charge in [0.25, 0.3) is 0 Å². The minimum atomic E-state index is 0.311. The molecular formula is C18H17ClN2OS. The van der Waals surface area contributed by atoms with Gasteiger partial charge in [0.1, 0.15) is 5.75 Å². The molecule has 0 amide bonds. The zero-order chi connectivity index (χ0) is 16.1. The molecule has 3 rings (SSSR count). The van der Waals surface area contributed by atoms with Crippen molar-refractivity contribution in [1.82, 2.24) is 4.98 Å². The van der Waals surface area contributed by atoms with E-state index >= 15 is 0 Å². The first-order chi connectivity index (χ1) is 11.2. The average molecular weight is 345 g/mol. The van der Waals surface area contributed by atoms with Crippen LogP contribution in [0, 0.1) is 0 Å². The number of aromatic hydroxyl groups is 1. The van der Waals surface area contributed by atoms with Crippen molar-refractivity contribution in [3.8, 4) is 5.75 Å². The normalized spacial score (nSPS) is 10.7. The Hall–Kier alpha value is -2.04. The van der Waals surface area contributed by atoms with E-state index in [0.29, 0.717) is 10.2 Å². The van der Waals surface area contributed by atoms with Gasteiger partial charge in [-0.1, -0.05) is 35.9 Å². The maximum atomic E-state index is 9.29. The number of halogens is 1. The Balaban J connectivity index is 1.51. The van der Waals surface area contributed by atoms with Crippen molar-refractivity contribution in [3.05, 3.63) is 75.2 Å². The van der Waals surface area contributed by atoms with Crippen LogP contribution in [0.4, 0.5) is 5.69 Å². The van der Waals surface area contributed by atoms with Gasteiger partial charge in [-0.2, -0.15) is 0 Å². The lowest BCUT2D eigenvalue weighted by Crippen LogP contribution is -1.98. The van der Waals surface area contributed by atoms with Crippen LogP contribution >= 0.6 is 22.9 Å². The first kappa shape index (κ1) is 15.8. The fourth-order valence-electron chi connectivity index (χ4n) is 2.30. The third-order valence-electron chi connectivity index (χ3n) is 3.58. The lowest BCUT2D eigenvalue weighted by molar-refractivity contribution is 0.475. The Labute approximate surface area is 144 Å². The lowest BCUT2D eigenvalue weighted by atomic mass is 10.0. The van der Waals surface area contributed by atoms with Crippen molar-refractivity contribution in [3.63, 3.8) is 0 Å². The number of aromatic nitrogens is 1. The molecule has 3 aromatic rings. The SMILES string of the molecule is Oc1ccc(CCc2ccc(NCc3cnc(Cl)s3)cc2)cc1. The number of benzene rings is 2. The topological polar surface area (TPSA) is 45.1 Å². The molecule has 2 N–H and O–H groups in total. The van der Waals surface area contributed by atoms with Crippen molar-refractivity contribution in [2.24, 2.45) is 0 Å². The van der Waals surface area contributed by atoms with Crippen molar-refractivity contribution < 1.29 is 5.11 Å². The molecule has 0 saturated heterocycles. The first-order valence-electron chi connectivity index (χ1n) is 7.40. The van der Waals surface area contributed by atoms with Crippen LogP contribution in [-0.2, 0) is 19.4 Å². The summed E-state index contributed by atoms with van der Waals surface area (Å²) in [4.78, 5) is 5.15. The molecular weight excluding hydrogens is 328 g/mol. The summed E-state index contributed by atoms with van der Waals surface area (Å²) >= 11 is 7.31. The molecule has 0 unspecified atom stereocenters. The van der Waals surface area contributed by atoms with Gasteiger partial charge < -0.3 is 10.4 Å². The molecule has 5 heteroatoms. The number of nitrogens with zero attached hydrogens (tertiary/aromatic N) is 1. The monoisotopic (exact) mass is 344 g/mol. The van der Waals surface area contributed by atoms with Crippen LogP contribution in [0.25, 0.3) is 0 Å². The van der Waals surface area contributed by atoms with Crippen LogP contribution in [-0.4, -0.2) is 10.1 Å². The first-order valence-corrected chi connectivity index (χ1v) is 8.59. The van der Waals surface area contributed by atoms with Crippen molar-refractivity contribution in [2.75, 3.05) is 5.32 Å². The van der Waals surface area contributed by atoms with E-state index in [1.54, 1.807) is 18.3 Å². The fourth-order valence-corrected chi connectivity index (χ4v) is 3.21. The maximum absolute atomic E-state index is 9.29. The minimum Gasteiger partial charge on any atom is -0.508 e. The third kappa shape index (κ3) is 4.71. The lowest BCUT2D eigenvalue weighted by Gasteiger charge is -2.07. The number of hydrogen-bond donors (Lipinski definition) is 2. The molecule has 2 aromatic carbocycles. The molecule has 0 atom stereocenters. The second-order valence-electron chi connectivity index (χ2n) is 5.30. The second kappa shape index (κ2) is 7.49. The predicted octanol–water partition coefficient (Wildman–Crippen LogP) is 4.90. The molecule has 0 spiro atoms. The largest absolute Gasteiger partial charge is 0.508 e. The Kier molecular flexibility index (Phi) is 5.16. The van der Waals surface area contributed by atoms with Gasteiger partial charge in [-0.15, -0.1) is 11.3 Å². The highest BCUT2D eigenvalue weighted by atomic mass is 35.5. The highest BCUT2D eigenvalue weighted by molar-refractivity contribution is 7.15. The number of thiazole rings is 1. The van der Waals surface area contributed by atoms with Crippen LogP contribution < -0.4 is 5.32 Å². The molecule has 0 radical (unpaired) electrons. The molecule has 0 fully saturated rings. The van der Waals surface area contributed by atoms with Gasteiger partial charge in [0.15, 0.2) is 4.47 Å². The zero-order valence-electron chi connectivity index (χ0n) is 12.5. The number of rotatable bonds is 6. The number of phenolic OH excluding ortho intramolecular Hbond substituents is 1. The molecule has 0 aliphatic carbocycles. The van der Waals surface area contributed by atoms with E-state index in [1.807, 2.05) is 12.1 Å². The molecule has 3 nitrogen and oxygen atoms in total. The van der Waals surface area contributed by atoms with E-state index in [4.69, 9.17) is 11.6 Å². The maximum Gasteiger partial charge on any atom is 0.183 e. The van der Waals surface area contributed by atoms with E-state index < -0.39 is 0 Å². The van der Waals surface area contributed by atoms with Gasteiger partial charge in [0.05, 0.1) is 6.54 Å². The van der Waals surface area contributed by atoms with Crippen molar-refractivity contribution in [1.29, 1.82) is 0 Å². The van der Waals surface area contributed by atoms with Gasteiger partial charge in [0, 0.05) is 16.8 Å². The summed E-state index contributed by atoms with van der Waals surface area (Å²) < 4.78 is 0.575. The molecule has 0 saturated carbocycles. The molecule has 23 heavy (non-hydrogen) atoms. The Morgan fingerprint density at radius 3 is 2.13 bits per heavy atom. The molecule has 0 aliphatic heterocycles. The van der Waals surface area contributed by atoms with E-state index in [-0.39, 0.29) is 0 Å². The zero-order valence-corrected chi connectivity index (χ0v) is 14.1. The van der Waals surface area contributed by atoms with E-state index in [0.717, 1.165) is 30.0 Å². The summed E-state index contributed by atoms with van der Waals surface area (Å²) in [7, 11) is 0. The molecule has 1 heterocycles. The van der Waals surface area contributed by atoms with Gasteiger partial charge in [0.2, 0.25) is 0 Å². The second-order valence-corrected chi connectivity index (χ2v) is 6.99. The summed E-state index contributed by atoms with van der Waals surface area (Å²) in [5, 5.41) is 12.7. The summed E-state index contributed by atoms with van der Waals surface area (Å²) in [6.07, 6.45) is 3.74. The van der Waals surface area contributed by atoms with E-state index in [1.165, 1.54) is 22.5 Å². The fraction of sp³-hybridized carbons (Fsp3) is 0.167. The Morgan fingerprint density at radius 1 is 0.957 bits per heavy atom. The van der Waals surface area contributed by atoms with Gasteiger partial charge >= 0.3 is 0 Å². The molecule has 0 bridgehead atoms. The molecule has 0 aliphatic rings. The molecule has 1 aromatic heterocycles. The Morgan fingerprint density at radius 2 is 1.57 bits per heavy atom. The number of aryl methyl sites for hydroxylation is 2. The average Bonchev–Trinajstić information content (AvgIpc) is 2.99. The highest BCUT2D eigenvalue weighted by Crippen LogP contribution is 2.19. The highest BCUT2D eigenvalue weighted by Gasteiger charge is 2.00. The van der Waals surface area contributed by atoms with Gasteiger partial charge in [-0.25, -0.2) is 4.98 Å². The third-order valence-corrected chi connectivity index (χ3v) is 4.70. The van der Waals surface area contributed by atoms with Crippen LogP contribution in [0.15, 0.2) is 54.7 Å². The minimum absolute atomic E-state index is 0.311. The summed E-state index contributed by atoms with van der Waals surface area (Å²) in [6.45, 7) is 0.733. The Bertz CT molecular complexity index is 753. The number of anilines is 1. The smallest absolute Gasteiger partial charge is 0.183 e. The number of hydrogen-bond acceptors (Lipinski definition) is 4. The van der Waals surface area contributed by atoms with Crippen LogP contribution in [0.3, 0.4) is 0 Å². The number of nitrogens with one attached hydrogen (secondary N) is 1. The van der Waals surface area contributed by atoms with Crippen molar-refractivity contribution >= 4 is 28.6 Å². The van der Waals surface area contributed by atoms with Gasteiger partial charge in [-0.3, -0.25) is 0 Å². The summed E-state index contributed by atoms with van der Waals surface area (Å²) in [6, 6.07) is 15.9. The summed E-state index contributed by atoms with van der Waals surface area (Å²) in [5.74, 6) is 0.311. The van der Waals surface area contributed by atoms with Gasteiger partial charge in [-0.05, 0) is 48.2 Å². The standard InChI is InChI=1S/C18H17ClN2OS/c19-18-21-12-17(23-18)11-20-15-7-3-13(4-8-15)1-2-14-5-9-16(22)10-6-14/h3-10,12,20,22H,1-2,11H2. The summed E-state index contributed by atoms with van der Waals surface area (Å²) in [5.41, 5.74) is 3.61. The van der Waals surface area contributed by atoms with Crippen LogP contribution in [0.1, 0.15) is 16.0 Å². The molecule has 118 valence electrons. The number of phenols is 1. The van der Waals surface area contributed by atoms with Crippen LogP contribution in [0.2, 0.25) is 4.47 Å². The van der Waals surface area contributed by atoms with E-state index in [2.05, 4.69) is 34.6 Å². The van der Waals surface area contributed by atoms with Crippen molar-refractivity contribution in [2.45, 2.75) is 19.4 Å². The quantitative estimate of drug-likeness (QED) is 0.668.